The molecule has 0 saturated carbocycles. The third-order valence-corrected chi connectivity index (χ3v) is 17.3. The minimum Gasteiger partial charge on any atom is -0.454 e. The molecule has 8 atom stereocenters. The number of aliphatic hydroxyl groups excluding tert-OH is 5. The van der Waals surface area contributed by atoms with Crippen molar-refractivity contribution in [3.05, 3.63) is 85.1 Å². The maximum atomic E-state index is 13.5. The van der Waals surface area contributed by atoms with Gasteiger partial charge in [0.1, 0.15) is 24.4 Å². The lowest BCUT2D eigenvalue weighted by Crippen LogP contribution is -2.61. The van der Waals surface area contributed by atoms with Crippen LogP contribution >= 0.6 is 0 Å². The van der Waals surface area contributed by atoms with Crippen LogP contribution in [-0.2, 0) is 23.8 Å². The highest BCUT2D eigenvalue weighted by atomic mass is 16.7. The molecule has 0 radical (unpaired) electrons. The van der Waals surface area contributed by atoms with Gasteiger partial charge in [0.05, 0.1) is 25.4 Å². The Morgan fingerprint density at radius 3 is 1.18 bits per heavy atom. The van der Waals surface area contributed by atoms with E-state index < -0.39 is 67.4 Å². The summed E-state index contributed by atoms with van der Waals surface area (Å²) in [6, 6.07) is -1.03. The highest BCUT2D eigenvalue weighted by molar-refractivity contribution is 5.80. The van der Waals surface area contributed by atoms with E-state index in [1.807, 2.05) is 6.08 Å². The zero-order valence-corrected chi connectivity index (χ0v) is 57.5. The van der Waals surface area contributed by atoms with Crippen LogP contribution in [0.1, 0.15) is 335 Å². The van der Waals surface area contributed by atoms with E-state index >= 15 is 0 Å². The first kappa shape index (κ1) is 83.9. The summed E-state index contributed by atoms with van der Waals surface area (Å²) in [5.74, 6) is -1.19. The molecule has 1 aliphatic rings. The highest BCUT2D eigenvalue weighted by Crippen LogP contribution is 2.26. The lowest BCUT2D eigenvalue weighted by atomic mass is 9.99. The fourth-order valence-electron chi connectivity index (χ4n) is 11.4. The zero-order valence-electron chi connectivity index (χ0n) is 57.5. The minimum absolute atomic E-state index is 0.114. The van der Waals surface area contributed by atoms with E-state index in [0.717, 1.165) is 96.3 Å². The third kappa shape index (κ3) is 52.0. The Morgan fingerprint density at radius 1 is 0.438 bits per heavy atom. The fraction of sp³-hybridized carbons (Fsp3) is 0.795. The number of ether oxygens (including phenoxy) is 3. The van der Waals surface area contributed by atoms with Crippen LogP contribution in [0.4, 0.5) is 0 Å². The number of nitrogens with one attached hydrogen (secondary N) is 1. The topological polar surface area (TPSA) is 175 Å². The lowest BCUT2D eigenvalue weighted by molar-refractivity contribution is -0.305. The number of esters is 1. The summed E-state index contributed by atoms with van der Waals surface area (Å²) < 4.78 is 17.7. The predicted octanol–water partition coefficient (Wildman–Crippen LogP) is 19.6. The Labute approximate surface area is 546 Å². The van der Waals surface area contributed by atoms with Crippen molar-refractivity contribution in [2.45, 2.75) is 384 Å². The van der Waals surface area contributed by atoms with E-state index in [2.05, 4.69) is 99.0 Å². The molecule has 1 aliphatic heterocycles. The Balaban J connectivity index is 2.57. The van der Waals surface area contributed by atoms with Gasteiger partial charge in [-0.25, -0.2) is 0 Å². The lowest BCUT2D eigenvalue weighted by Gasteiger charge is -2.41. The van der Waals surface area contributed by atoms with Gasteiger partial charge in [0.15, 0.2) is 12.4 Å². The largest absolute Gasteiger partial charge is 0.454 e. The van der Waals surface area contributed by atoms with Crippen LogP contribution in [0, 0.1) is 0 Å². The smallest absolute Gasteiger partial charge is 0.306 e. The predicted molar refractivity (Wildman–Crippen MR) is 375 cm³/mol. The van der Waals surface area contributed by atoms with Gasteiger partial charge >= 0.3 is 5.97 Å². The van der Waals surface area contributed by atoms with E-state index in [1.165, 1.54) is 193 Å². The Hall–Kier alpha value is -3.16. The molecule has 0 aromatic heterocycles. The van der Waals surface area contributed by atoms with Gasteiger partial charge in [-0.2, -0.15) is 0 Å². The highest BCUT2D eigenvalue weighted by Gasteiger charge is 2.47. The number of carbonyl (C=O) groups excluding carboxylic acids is 2. The van der Waals surface area contributed by atoms with E-state index in [-0.39, 0.29) is 19.4 Å². The van der Waals surface area contributed by atoms with Gasteiger partial charge in [-0.3, -0.25) is 9.59 Å². The van der Waals surface area contributed by atoms with Crippen LogP contribution in [-0.4, -0.2) is 99.6 Å². The molecule has 516 valence electrons. The van der Waals surface area contributed by atoms with Gasteiger partial charge in [-0.05, 0) is 103 Å². The van der Waals surface area contributed by atoms with Gasteiger partial charge in [-0.15, -0.1) is 0 Å². The molecule has 11 nitrogen and oxygen atoms in total. The van der Waals surface area contributed by atoms with Gasteiger partial charge < -0.3 is 45.1 Å². The van der Waals surface area contributed by atoms with Crippen molar-refractivity contribution in [3.63, 3.8) is 0 Å². The molecule has 1 fully saturated rings. The Kier molecular flexibility index (Phi) is 61.2. The fourth-order valence-corrected chi connectivity index (χ4v) is 11.4. The maximum absolute atomic E-state index is 13.5. The van der Waals surface area contributed by atoms with Crippen molar-refractivity contribution in [2.75, 3.05) is 13.2 Å². The van der Waals surface area contributed by atoms with Crippen molar-refractivity contribution >= 4 is 11.9 Å². The summed E-state index contributed by atoms with van der Waals surface area (Å²) in [5.41, 5.74) is 0. The standard InChI is InChI=1S/C78H139NO10/c1-4-7-10-13-16-19-22-25-27-29-31-33-35-36-37-39-41-43-45-48-51-54-57-60-63-66-73(83)89-76-75(85)74(84)72(67-80)88-78(76)87-68-69(70(81)64-61-58-55-52-49-46-24-21-18-15-12-9-6-3)79-77(86)71(82)65-62-59-56-53-50-47-44-42-40-38-34-32-30-28-26-23-20-17-14-11-8-5-2/h16-17,19-20,25-28,31,33,36-37,61,64,69-72,74-76,78,80-82,84-85H,4-15,18,21-24,29-30,32,34-35,38-60,62-63,65-68H2,1-3H3,(H,79,86)/b19-16-,20-17-,27-25-,28-26-,33-31-,37-36-,64-61+. The number of hydrogen-bond acceptors (Lipinski definition) is 10. The molecule has 1 amide bonds. The summed E-state index contributed by atoms with van der Waals surface area (Å²) in [5, 5.41) is 57.4. The molecular weight excluding hydrogens is 1110 g/mol. The molecule has 0 aliphatic carbocycles. The molecule has 0 aromatic carbocycles. The number of amides is 1. The van der Waals surface area contributed by atoms with Crippen molar-refractivity contribution < 1.29 is 49.3 Å². The molecule has 1 heterocycles. The van der Waals surface area contributed by atoms with Crippen LogP contribution in [0.3, 0.4) is 0 Å². The third-order valence-electron chi connectivity index (χ3n) is 17.3. The van der Waals surface area contributed by atoms with Gasteiger partial charge in [-0.1, -0.05) is 311 Å². The molecule has 8 unspecified atom stereocenters. The molecule has 0 spiro atoms. The van der Waals surface area contributed by atoms with Crippen LogP contribution in [0.15, 0.2) is 85.1 Å². The summed E-state index contributed by atoms with van der Waals surface area (Å²) in [6.07, 6.45) is 76.1. The quantitative estimate of drug-likeness (QED) is 0.0195. The van der Waals surface area contributed by atoms with Gasteiger partial charge in [0.25, 0.3) is 0 Å². The molecule has 89 heavy (non-hydrogen) atoms. The molecule has 6 N–H and O–H groups in total. The number of rotatable bonds is 64. The van der Waals surface area contributed by atoms with E-state index in [0.29, 0.717) is 12.8 Å². The second-order valence-corrected chi connectivity index (χ2v) is 25.7. The number of carbonyl (C=O) groups is 2. The van der Waals surface area contributed by atoms with Gasteiger partial charge in [0.2, 0.25) is 5.91 Å². The normalized spacial score (nSPS) is 18.6. The van der Waals surface area contributed by atoms with Crippen molar-refractivity contribution in [3.8, 4) is 0 Å². The van der Waals surface area contributed by atoms with E-state index in [9.17, 15) is 35.1 Å². The molecule has 1 rings (SSSR count). The number of unbranched alkanes of at least 4 members (excludes halogenated alkanes) is 38. The molecule has 11 heteroatoms. The molecular formula is C78H139NO10. The Morgan fingerprint density at radius 2 is 0.775 bits per heavy atom. The average Bonchev–Trinajstić information content (AvgIpc) is 1.80. The maximum Gasteiger partial charge on any atom is 0.306 e. The second-order valence-electron chi connectivity index (χ2n) is 25.7. The monoisotopic (exact) mass is 1250 g/mol. The van der Waals surface area contributed by atoms with E-state index in [4.69, 9.17) is 14.2 Å². The molecule has 0 bridgehead atoms. The summed E-state index contributed by atoms with van der Waals surface area (Å²) in [7, 11) is 0. The number of aliphatic hydroxyl groups is 5. The number of hydrogen-bond donors (Lipinski definition) is 6. The van der Waals surface area contributed by atoms with Crippen LogP contribution in [0.2, 0.25) is 0 Å². The first-order valence-electron chi connectivity index (χ1n) is 37.4. The van der Waals surface area contributed by atoms with Crippen molar-refractivity contribution in [1.82, 2.24) is 5.32 Å². The first-order valence-corrected chi connectivity index (χ1v) is 37.4. The van der Waals surface area contributed by atoms with Crippen LogP contribution < -0.4 is 5.32 Å². The summed E-state index contributed by atoms with van der Waals surface area (Å²) >= 11 is 0. The molecule has 1 saturated heterocycles. The van der Waals surface area contributed by atoms with Gasteiger partial charge in [0, 0.05) is 6.42 Å². The van der Waals surface area contributed by atoms with Crippen molar-refractivity contribution in [2.24, 2.45) is 0 Å². The SMILES string of the molecule is CCCCC/C=C\C/C=C\C/C=C\C/C=C\CCCCCCCCCCCC(=O)OC1C(OCC(NC(=O)C(O)CCCCCCCCCCCCCC/C=C\C/C=C\CCCCC)C(O)/C=C/CCCCCCCCCCCCC)OC(CO)C(O)C1O. The zero-order chi connectivity index (χ0) is 64.6. The summed E-state index contributed by atoms with van der Waals surface area (Å²) in [6.45, 7) is 5.78. The summed E-state index contributed by atoms with van der Waals surface area (Å²) in [4.78, 5) is 26.7. The van der Waals surface area contributed by atoms with Crippen molar-refractivity contribution in [1.29, 1.82) is 0 Å². The molecule has 0 aromatic rings. The van der Waals surface area contributed by atoms with E-state index in [1.54, 1.807) is 6.08 Å². The second kappa shape index (κ2) is 64.9. The van der Waals surface area contributed by atoms with Crippen LogP contribution in [0.25, 0.3) is 0 Å². The Bertz CT molecular complexity index is 1780. The number of allylic oxidation sites excluding steroid dienone is 13. The average molecular weight is 1250 g/mol. The first-order chi connectivity index (χ1) is 43.7. The minimum atomic E-state index is -1.62. The van der Waals surface area contributed by atoms with Crippen LogP contribution in [0.5, 0.6) is 0 Å².